The van der Waals surface area contributed by atoms with Crippen LogP contribution in [0.2, 0.25) is 0 Å². The largest absolute Gasteiger partial charge is 0.393 e. The Hall–Kier alpha value is -0.490. The topological polar surface area (TPSA) is 87.0 Å². The van der Waals surface area contributed by atoms with E-state index in [9.17, 15) is 15.0 Å². The molecule has 1 rings (SSSR count). The highest BCUT2D eigenvalue weighted by Crippen LogP contribution is 2.29. The number of hydrogen-bond donors (Lipinski definition) is 3. The number of ketones is 1. The van der Waals surface area contributed by atoms with Crippen molar-refractivity contribution in [2.45, 2.75) is 31.2 Å². The van der Waals surface area contributed by atoms with Gasteiger partial charge >= 0.3 is 0 Å². The van der Waals surface area contributed by atoms with E-state index < -0.39 is 24.4 Å². The highest BCUT2D eigenvalue weighted by atomic mass is 16.6. The molecule has 3 N–H and O–H groups in total. The van der Waals surface area contributed by atoms with Crippen molar-refractivity contribution in [3.8, 4) is 0 Å². The summed E-state index contributed by atoms with van der Waals surface area (Å²) in [5.74, 6) is -0.192. The highest BCUT2D eigenvalue weighted by molar-refractivity contribution is 5.76. The van der Waals surface area contributed by atoms with Gasteiger partial charge in [-0.2, -0.15) is 0 Å². The first-order valence-electron chi connectivity index (χ1n) is 4.12. The number of hydrogen-bond acceptors (Lipinski definition) is 5. The summed E-state index contributed by atoms with van der Waals surface area (Å²) in [5, 5.41) is 27.7. The Kier molecular flexibility index (Phi) is 3.02. The summed E-state index contributed by atoms with van der Waals surface area (Å²) in [6.45, 7) is 0.831. The van der Waals surface area contributed by atoms with E-state index in [1.807, 2.05) is 0 Å². The van der Waals surface area contributed by atoms with Gasteiger partial charge in [0.1, 0.15) is 23.6 Å². The third-order valence-corrected chi connectivity index (χ3v) is 2.26. The lowest BCUT2D eigenvalue weighted by Crippen LogP contribution is -2.47. The van der Waals surface area contributed by atoms with Crippen molar-refractivity contribution >= 4 is 5.78 Å². The van der Waals surface area contributed by atoms with Crippen molar-refractivity contribution in [1.29, 1.82) is 0 Å². The average Bonchev–Trinajstić information content (AvgIpc) is 2.33. The van der Waals surface area contributed by atoms with Gasteiger partial charge in [0, 0.05) is 6.42 Å². The predicted octanol–water partition coefficient (Wildman–Crippen LogP) is -1.55. The number of Topliss-reactive ketones (excluding diaryl/α,β-unsaturated/α-hetero) is 1. The summed E-state index contributed by atoms with van der Waals surface area (Å²) in [6.07, 6.45) is -2.30. The quantitative estimate of drug-likeness (QED) is 0.501. The molecule has 5 nitrogen and oxygen atoms in total. The molecule has 5 heteroatoms. The van der Waals surface area contributed by atoms with Gasteiger partial charge in [0.05, 0.1) is 13.2 Å². The van der Waals surface area contributed by atoms with Crippen molar-refractivity contribution in [3.05, 3.63) is 0 Å². The van der Waals surface area contributed by atoms with Gasteiger partial charge in [0.2, 0.25) is 0 Å². The van der Waals surface area contributed by atoms with Gasteiger partial charge < -0.3 is 20.1 Å². The van der Waals surface area contributed by atoms with Gasteiger partial charge in [-0.25, -0.2) is 0 Å². The predicted molar refractivity (Wildman–Crippen MR) is 43.1 cm³/mol. The van der Waals surface area contributed by atoms with Gasteiger partial charge in [0.25, 0.3) is 0 Å². The molecular weight excluding hydrogens is 176 g/mol. The maximum atomic E-state index is 10.8. The molecule has 0 saturated carbocycles. The van der Waals surface area contributed by atoms with E-state index in [4.69, 9.17) is 9.84 Å². The van der Waals surface area contributed by atoms with Crippen molar-refractivity contribution in [2.24, 2.45) is 0 Å². The van der Waals surface area contributed by atoms with E-state index in [0.29, 0.717) is 0 Å². The van der Waals surface area contributed by atoms with Crippen molar-refractivity contribution in [3.63, 3.8) is 0 Å². The zero-order chi connectivity index (χ0) is 10.1. The SMILES string of the molecule is CC(=O)CC1(CO)OCC(O)C1O. The second kappa shape index (κ2) is 3.71. The minimum absolute atomic E-state index is 0.0466. The summed E-state index contributed by atoms with van der Waals surface area (Å²) in [5.41, 5.74) is -1.30. The highest BCUT2D eigenvalue weighted by Gasteiger charge is 2.49. The van der Waals surface area contributed by atoms with E-state index in [0.717, 1.165) is 0 Å². The number of carbonyl (C=O) groups is 1. The molecule has 0 radical (unpaired) electrons. The minimum Gasteiger partial charge on any atom is -0.393 e. The normalized spacial score (nSPS) is 39.4. The fourth-order valence-electron chi connectivity index (χ4n) is 1.55. The third-order valence-electron chi connectivity index (χ3n) is 2.26. The standard InChI is InChI=1S/C8H14O5/c1-5(10)2-8(4-9)7(12)6(11)3-13-8/h6-7,9,11-12H,2-4H2,1H3. The molecule has 1 aliphatic rings. The van der Waals surface area contributed by atoms with E-state index in [-0.39, 0.29) is 18.8 Å². The van der Waals surface area contributed by atoms with Crippen LogP contribution in [0, 0.1) is 0 Å². The monoisotopic (exact) mass is 190 g/mol. The summed E-state index contributed by atoms with van der Waals surface area (Å²) in [6, 6.07) is 0. The number of carbonyl (C=O) groups excluding carboxylic acids is 1. The Labute approximate surface area is 75.9 Å². The number of ether oxygens (including phenoxy) is 1. The molecule has 1 saturated heterocycles. The van der Waals surface area contributed by atoms with Crippen molar-refractivity contribution in [2.75, 3.05) is 13.2 Å². The maximum absolute atomic E-state index is 10.8. The van der Waals surface area contributed by atoms with Gasteiger partial charge in [-0.15, -0.1) is 0 Å². The summed E-state index contributed by atoms with van der Waals surface area (Å²) >= 11 is 0. The Morgan fingerprint density at radius 3 is 2.54 bits per heavy atom. The second-order valence-corrected chi connectivity index (χ2v) is 3.42. The second-order valence-electron chi connectivity index (χ2n) is 3.42. The molecule has 0 aromatic carbocycles. The van der Waals surface area contributed by atoms with Gasteiger partial charge in [-0.1, -0.05) is 0 Å². The number of rotatable bonds is 3. The molecule has 3 atom stereocenters. The molecule has 0 aliphatic carbocycles. The molecule has 1 fully saturated rings. The lowest BCUT2D eigenvalue weighted by Gasteiger charge is -2.28. The Bertz CT molecular complexity index is 205. The van der Waals surface area contributed by atoms with E-state index in [1.54, 1.807) is 0 Å². The van der Waals surface area contributed by atoms with Crippen LogP contribution >= 0.6 is 0 Å². The van der Waals surface area contributed by atoms with E-state index >= 15 is 0 Å². The molecule has 0 bridgehead atoms. The first-order valence-corrected chi connectivity index (χ1v) is 4.12. The Balaban J connectivity index is 2.75. The van der Waals surface area contributed by atoms with Crippen LogP contribution in [0.3, 0.4) is 0 Å². The Morgan fingerprint density at radius 1 is 1.62 bits per heavy atom. The summed E-state index contributed by atoms with van der Waals surface area (Å²) in [4.78, 5) is 10.8. The van der Waals surface area contributed by atoms with Crippen LogP contribution < -0.4 is 0 Å². The van der Waals surface area contributed by atoms with Crippen LogP contribution in [0.5, 0.6) is 0 Å². The zero-order valence-electron chi connectivity index (χ0n) is 7.43. The number of aliphatic hydroxyl groups is 3. The third kappa shape index (κ3) is 1.88. The van der Waals surface area contributed by atoms with Crippen LogP contribution in [0.1, 0.15) is 13.3 Å². The molecule has 1 heterocycles. The first kappa shape index (κ1) is 10.6. The van der Waals surface area contributed by atoms with Crippen LogP contribution in [0.25, 0.3) is 0 Å². The van der Waals surface area contributed by atoms with E-state index in [1.165, 1.54) is 6.92 Å². The minimum atomic E-state index is -1.30. The summed E-state index contributed by atoms with van der Waals surface area (Å²) < 4.78 is 5.05. The van der Waals surface area contributed by atoms with Crippen LogP contribution in [0.15, 0.2) is 0 Å². The lowest BCUT2D eigenvalue weighted by molar-refractivity contribution is -0.134. The number of aliphatic hydroxyl groups excluding tert-OH is 3. The molecular formula is C8H14O5. The van der Waals surface area contributed by atoms with Gasteiger partial charge in [-0.05, 0) is 6.92 Å². The first-order chi connectivity index (χ1) is 6.02. The Morgan fingerprint density at radius 2 is 2.23 bits per heavy atom. The molecule has 0 amide bonds. The molecule has 76 valence electrons. The smallest absolute Gasteiger partial charge is 0.132 e. The molecule has 0 spiro atoms. The van der Waals surface area contributed by atoms with Gasteiger partial charge in [0.15, 0.2) is 0 Å². The molecule has 13 heavy (non-hydrogen) atoms. The van der Waals surface area contributed by atoms with Gasteiger partial charge in [-0.3, -0.25) is 4.79 Å². The fraction of sp³-hybridized carbons (Fsp3) is 0.875. The lowest BCUT2D eigenvalue weighted by atomic mass is 9.91. The van der Waals surface area contributed by atoms with Crippen molar-refractivity contribution < 1.29 is 24.9 Å². The molecule has 3 unspecified atom stereocenters. The average molecular weight is 190 g/mol. The zero-order valence-corrected chi connectivity index (χ0v) is 7.43. The van der Waals surface area contributed by atoms with E-state index in [2.05, 4.69) is 0 Å². The molecule has 1 aliphatic heterocycles. The molecule has 0 aromatic heterocycles. The maximum Gasteiger partial charge on any atom is 0.132 e. The van der Waals surface area contributed by atoms with Crippen molar-refractivity contribution in [1.82, 2.24) is 0 Å². The summed E-state index contributed by atoms with van der Waals surface area (Å²) in [7, 11) is 0. The van der Waals surface area contributed by atoms with Crippen LogP contribution in [-0.2, 0) is 9.53 Å². The van der Waals surface area contributed by atoms with Crippen LogP contribution in [0.4, 0.5) is 0 Å². The fourth-order valence-corrected chi connectivity index (χ4v) is 1.55. The molecule has 0 aromatic rings. The van der Waals surface area contributed by atoms with Crippen LogP contribution in [-0.4, -0.2) is 52.1 Å².